The SMILES string of the molecule is C=Cc1ccc(COC(OCC)c2ccccc2)cc1. The van der Waals surface area contributed by atoms with Gasteiger partial charge in [0.25, 0.3) is 0 Å². The Hall–Kier alpha value is -1.90. The van der Waals surface area contributed by atoms with Crippen molar-refractivity contribution >= 4 is 6.08 Å². The van der Waals surface area contributed by atoms with E-state index in [0.29, 0.717) is 13.2 Å². The first-order valence-electron chi connectivity index (χ1n) is 6.83. The first kappa shape index (κ1) is 14.5. The average Bonchev–Trinajstić information content (AvgIpc) is 2.53. The largest absolute Gasteiger partial charge is 0.349 e. The van der Waals surface area contributed by atoms with Crippen LogP contribution in [0.25, 0.3) is 6.08 Å². The zero-order valence-electron chi connectivity index (χ0n) is 11.8. The molecule has 0 amide bonds. The Morgan fingerprint density at radius 2 is 1.70 bits per heavy atom. The summed E-state index contributed by atoms with van der Waals surface area (Å²) in [5.74, 6) is 0. The topological polar surface area (TPSA) is 18.5 Å². The summed E-state index contributed by atoms with van der Waals surface area (Å²) in [6.07, 6.45) is 1.51. The van der Waals surface area contributed by atoms with Gasteiger partial charge in [-0.3, -0.25) is 0 Å². The molecule has 0 N–H and O–H groups in total. The molecule has 0 aliphatic heterocycles. The second kappa shape index (κ2) is 7.63. The monoisotopic (exact) mass is 268 g/mol. The number of benzene rings is 2. The summed E-state index contributed by atoms with van der Waals surface area (Å²) in [5.41, 5.74) is 3.27. The van der Waals surface area contributed by atoms with Crippen LogP contribution in [0.4, 0.5) is 0 Å². The Bertz CT molecular complexity index is 517. The molecule has 20 heavy (non-hydrogen) atoms. The highest BCUT2D eigenvalue weighted by atomic mass is 16.7. The Kier molecular flexibility index (Phi) is 5.54. The molecule has 2 aromatic rings. The van der Waals surface area contributed by atoms with Crippen LogP contribution in [-0.4, -0.2) is 6.61 Å². The summed E-state index contributed by atoms with van der Waals surface area (Å²) in [6.45, 7) is 6.86. The lowest BCUT2D eigenvalue weighted by molar-refractivity contribution is -0.151. The molecule has 0 bridgehead atoms. The van der Waals surface area contributed by atoms with Crippen molar-refractivity contribution in [2.75, 3.05) is 6.61 Å². The van der Waals surface area contributed by atoms with Gasteiger partial charge in [-0.2, -0.15) is 0 Å². The molecule has 2 rings (SSSR count). The summed E-state index contributed by atoms with van der Waals surface area (Å²) in [6, 6.07) is 18.2. The van der Waals surface area contributed by atoms with Gasteiger partial charge in [0.2, 0.25) is 0 Å². The van der Waals surface area contributed by atoms with Crippen molar-refractivity contribution in [3.63, 3.8) is 0 Å². The van der Waals surface area contributed by atoms with E-state index in [1.807, 2.05) is 67.6 Å². The lowest BCUT2D eigenvalue weighted by Gasteiger charge is -2.18. The maximum Gasteiger partial charge on any atom is 0.184 e. The molecule has 1 unspecified atom stereocenters. The highest BCUT2D eigenvalue weighted by Crippen LogP contribution is 2.20. The highest BCUT2D eigenvalue weighted by Gasteiger charge is 2.11. The van der Waals surface area contributed by atoms with E-state index in [1.165, 1.54) is 0 Å². The summed E-state index contributed by atoms with van der Waals surface area (Å²) in [5, 5.41) is 0. The third-order valence-electron chi connectivity index (χ3n) is 3.01. The number of ether oxygens (including phenoxy) is 2. The molecule has 0 fully saturated rings. The van der Waals surface area contributed by atoms with Crippen molar-refractivity contribution in [2.45, 2.75) is 19.8 Å². The van der Waals surface area contributed by atoms with E-state index in [2.05, 4.69) is 6.58 Å². The van der Waals surface area contributed by atoms with Gasteiger partial charge in [0, 0.05) is 12.2 Å². The fourth-order valence-electron chi connectivity index (χ4n) is 1.92. The van der Waals surface area contributed by atoms with Gasteiger partial charge >= 0.3 is 0 Å². The van der Waals surface area contributed by atoms with Crippen molar-refractivity contribution < 1.29 is 9.47 Å². The molecule has 1 atom stereocenters. The van der Waals surface area contributed by atoms with E-state index in [-0.39, 0.29) is 6.29 Å². The molecule has 0 spiro atoms. The molecule has 0 saturated heterocycles. The smallest absolute Gasteiger partial charge is 0.184 e. The first-order chi connectivity index (χ1) is 9.83. The van der Waals surface area contributed by atoms with Crippen LogP contribution < -0.4 is 0 Å². The van der Waals surface area contributed by atoms with Gasteiger partial charge in [-0.1, -0.05) is 67.3 Å². The quantitative estimate of drug-likeness (QED) is 0.684. The third-order valence-corrected chi connectivity index (χ3v) is 3.01. The van der Waals surface area contributed by atoms with E-state index in [0.717, 1.165) is 16.7 Å². The maximum absolute atomic E-state index is 5.88. The molecule has 2 aromatic carbocycles. The minimum absolute atomic E-state index is 0.319. The standard InChI is InChI=1S/C18H20O2/c1-3-15-10-12-16(13-11-15)14-20-18(19-4-2)17-8-6-5-7-9-17/h3,5-13,18H,1,4,14H2,2H3. The predicted octanol–water partition coefficient (Wildman–Crippen LogP) is 4.58. The normalized spacial score (nSPS) is 12.1. The van der Waals surface area contributed by atoms with Crippen molar-refractivity contribution in [3.8, 4) is 0 Å². The molecule has 2 nitrogen and oxygen atoms in total. The summed E-state index contributed by atoms with van der Waals surface area (Å²) in [7, 11) is 0. The van der Waals surface area contributed by atoms with Gasteiger partial charge in [-0.15, -0.1) is 0 Å². The van der Waals surface area contributed by atoms with Crippen molar-refractivity contribution in [1.82, 2.24) is 0 Å². The van der Waals surface area contributed by atoms with Crippen molar-refractivity contribution in [1.29, 1.82) is 0 Å². The van der Waals surface area contributed by atoms with Crippen LogP contribution in [0.5, 0.6) is 0 Å². The van der Waals surface area contributed by atoms with Crippen molar-refractivity contribution in [3.05, 3.63) is 77.9 Å². The van der Waals surface area contributed by atoms with Gasteiger partial charge in [0.1, 0.15) is 0 Å². The minimum Gasteiger partial charge on any atom is -0.349 e. The summed E-state index contributed by atoms with van der Waals surface area (Å²) >= 11 is 0. The molecule has 0 aliphatic rings. The predicted molar refractivity (Wildman–Crippen MR) is 82.1 cm³/mol. The number of hydrogen-bond donors (Lipinski definition) is 0. The molecular weight excluding hydrogens is 248 g/mol. The Labute approximate surface area is 120 Å². The van der Waals surface area contributed by atoms with Gasteiger partial charge in [-0.05, 0) is 18.1 Å². The molecular formula is C18H20O2. The van der Waals surface area contributed by atoms with Crippen LogP contribution in [0, 0.1) is 0 Å². The fourth-order valence-corrected chi connectivity index (χ4v) is 1.92. The van der Waals surface area contributed by atoms with Gasteiger partial charge in [0.15, 0.2) is 6.29 Å². The van der Waals surface area contributed by atoms with E-state index in [1.54, 1.807) is 0 Å². The zero-order chi connectivity index (χ0) is 14.2. The molecule has 0 aliphatic carbocycles. The van der Waals surface area contributed by atoms with Crippen LogP contribution in [0.2, 0.25) is 0 Å². The van der Waals surface area contributed by atoms with Crippen LogP contribution >= 0.6 is 0 Å². The zero-order valence-corrected chi connectivity index (χ0v) is 11.8. The highest BCUT2D eigenvalue weighted by molar-refractivity contribution is 5.47. The summed E-state index contributed by atoms with van der Waals surface area (Å²) < 4.78 is 11.5. The number of rotatable bonds is 7. The molecule has 0 heterocycles. The summed E-state index contributed by atoms with van der Waals surface area (Å²) in [4.78, 5) is 0. The van der Waals surface area contributed by atoms with E-state index in [4.69, 9.17) is 9.47 Å². The van der Waals surface area contributed by atoms with E-state index in [9.17, 15) is 0 Å². The van der Waals surface area contributed by atoms with E-state index >= 15 is 0 Å². The minimum atomic E-state index is -0.319. The fraction of sp³-hybridized carbons (Fsp3) is 0.222. The second-order valence-electron chi connectivity index (χ2n) is 4.45. The molecule has 0 radical (unpaired) electrons. The molecule has 0 aromatic heterocycles. The Balaban J connectivity index is 1.99. The van der Waals surface area contributed by atoms with Crippen LogP contribution in [0.3, 0.4) is 0 Å². The van der Waals surface area contributed by atoms with Crippen LogP contribution in [-0.2, 0) is 16.1 Å². The maximum atomic E-state index is 5.88. The molecule has 2 heteroatoms. The average molecular weight is 268 g/mol. The van der Waals surface area contributed by atoms with Gasteiger partial charge in [0.05, 0.1) is 6.61 Å². The van der Waals surface area contributed by atoms with Crippen LogP contribution in [0.15, 0.2) is 61.2 Å². The second-order valence-corrected chi connectivity index (χ2v) is 4.45. The van der Waals surface area contributed by atoms with Gasteiger partial charge in [-0.25, -0.2) is 0 Å². The third kappa shape index (κ3) is 4.05. The lowest BCUT2D eigenvalue weighted by Crippen LogP contribution is -2.08. The van der Waals surface area contributed by atoms with Crippen molar-refractivity contribution in [2.24, 2.45) is 0 Å². The number of hydrogen-bond acceptors (Lipinski definition) is 2. The molecule has 0 saturated carbocycles. The van der Waals surface area contributed by atoms with Crippen LogP contribution in [0.1, 0.15) is 29.9 Å². The van der Waals surface area contributed by atoms with Gasteiger partial charge < -0.3 is 9.47 Å². The first-order valence-corrected chi connectivity index (χ1v) is 6.83. The van der Waals surface area contributed by atoms with E-state index < -0.39 is 0 Å². The molecule has 104 valence electrons. The lowest BCUT2D eigenvalue weighted by atomic mass is 10.1. The Morgan fingerprint density at radius 1 is 1.00 bits per heavy atom. The Morgan fingerprint density at radius 3 is 2.30 bits per heavy atom.